The lowest BCUT2D eigenvalue weighted by molar-refractivity contribution is -0.120. The van der Waals surface area contributed by atoms with Crippen molar-refractivity contribution >= 4 is 17.5 Å². The maximum atomic E-state index is 11.1. The smallest absolute Gasteiger partial charge is 0.237 e. The van der Waals surface area contributed by atoms with Gasteiger partial charge < -0.3 is 10.1 Å². The van der Waals surface area contributed by atoms with Crippen LogP contribution in [0.3, 0.4) is 0 Å². The topological polar surface area (TPSA) is 38.3 Å². The van der Waals surface area contributed by atoms with Crippen molar-refractivity contribution in [2.75, 3.05) is 19.8 Å². The third kappa shape index (κ3) is 4.29. The van der Waals surface area contributed by atoms with Crippen molar-refractivity contribution < 1.29 is 9.53 Å². The van der Waals surface area contributed by atoms with Gasteiger partial charge in [-0.2, -0.15) is 0 Å². The van der Waals surface area contributed by atoms with Gasteiger partial charge in [-0.3, -0.25) is 4.79 Å². The number of carbonyl (C=O) groups excluding carboxylic acids is 1. The van der Waals surface area contributed by atoms with Crippen LogP contribution in [0.25, 0.3) is 0 Å². The fourth-order valence-electron chi connectivity index (χ4n) is 1.58. The Morgan fingerprint density at radius 3 is 2.79 bits per heavy atom. The van der Waals surface area contributed by atoms with E-state index in [4.69, 9.17) is 16.3 Å². The summed E-state index contributed by atoms with van der Waals surface area (Å²) in [5, 5.41) is 2.39. The highest BCUT2D eigenvalue weighted by Gasteiger charge is 2.14. The van der Waals surface area contributed by atoms with Gasteiger partial charge in [-0.25, -0.2) is 0 Å². The molecule has 0 aliphatic carbocycles. The van der Waals surface area contributed by atoms with Crippen LogP contribution in [-0.2, 0) is 9.53 Å². The van der Waals surface area contributed by atoms with Gasteiger partial charge in [0.25, 0.3) is 0 Å². The lowest BCUT2D eigenvalue weighted by Gasteiger charge is -2.21. The van der Waals surface area contributed by atoms with Crippen LogP contribution < -0.4 is 5.32 Å². The Morgan fingerprint density at radius 2 is 2.21 bits per heavy atom. The van der Waals surface area contributed by atoms with Crippen LogP contribution in [0.2, 0.25) is 0 Å². The SMILES string of the molecule is CC(Cl)C(=O)NCCC1CCOCC1. The van der Waals surface area contributed by atoms with E-state index in [-0.39, 0.29) is 5.91 Å². The van der Waals surface area contributed by atoms with E-state index in [0.717, 1.165) is 39.0 Å². The van der Waals surface area contributed by atoms with Crippen LogP contribution in [0.1, 0.15) is 26.2 Å². The van der Waals surface area contributed by atoms with Gasteiger partial charge in [-0.1, -0.05) is 0 Å². The molecule has 1 aliphatic heterocycles. The molecule has 1 rings (SSSR count). The average Bonchev–Trinajstić information content (AvgIpc) is 2.19. The Hall–Kier alpha value is -0.280. The van der Waals surface area contributed by atoms with Crippen molar-refractivity contribution in [3.8, 4) is 0 Å². The zero-order valence-corrected chi connectivity index (χ0v) is 9.35. The van der Waals surface area contributed by atoms with Crippen LogP contribution in [-0.4, -0.2) is 31.0 Å². The van der Waals surface area contributed by atoms with Gasteiger partial charge in [0.15, 0.2) is 0 Å². The Balaban J connectivity index is 2.05. The van der Waals surface area contributed by atoms with E-state index in [2.05, 4.69) is 5.32 Å². The number of alkyl halides is 1. The molecule has 0 aromatic carbocycles. The van der Waals surface area contributed by atoms with Crippen LogP contribution in [0.4, 0.5) is 0 Å². The first-order chi connectivity index (χ1) is 6.70. The van der Waals surface area contributed by atoms with Gasteiger partial charge in [-0.15, -0.1) is 11.6 Å². The summed E-state index contributed by atoms with van der Waals surface area (Å²) >= 11 is 5.62. The van der Waals surface area contributed by atoms with Crippen molar-refractivity contribution in [1.29, 1.82) is 0 Å². The number of carbonyl (C=O) groups is 1. The molecule has 1 saturated heterocycles. The molecule has 0 saturated carbocycles. The molecule has 1 amide bonds. The molecular formula is C10H18ClNO2. The first-order valence-electron chi connectivity index (χ1n) is 5.19. The quantitative estimate of drug-likeness (QED) is 0.729. The molecule has 1 aliphatic rings. The first kappa shape index (κ1) is 11.8. The minimum absolute atomic E-state index is 0.0706. The predicted molar refractivity (Wildman–Crippen MR) is 56.5 cm³/mol. The predicted octanol–water partition coefficient (Wildman–Crippen LogP) is 1.55. The van der Waals surface area contributed by atoms with E-state index in [9.17, 15) is 4.79 Å². The molecule has 4 heteroatoms. The minimum Gasteiger partial charge on any atom is -0.381 e. The standard InChI is InChI=1S/C10H18ClNO2/c1-8(11)10(13)12-5-2-9-3-6-14-7-4-9/h8-9H,2-7H2,1H3,(H,12,13). The average molecular weight is 220 g/mol. The van der Waals surface area contributed by atoms with Gasteiger partial charge >= 0.3 is 0 Å². The minimum atomic E-state index is -0.426. The Morgan fingerprint density at radius 1 is 1.57 bits per heavy atom. The summed E-state index contributed by atoms with van der Waals surface area (Å²) in [4.78, 5) is 11.1. The molecule has 0 aromatic heterocycles. The summed E-state index contributed by atoms with van der Waals surface area (Å²) in [6.07, 6.45) is 3.28. The molecule has 0 bridgehead atoms. The monoisotopic (exact) mass is 219 g/mol. The van der Waals surface area contributed by atoms with Crippen LogP contribution >= 0.6 is 11.6 Å². The third-order valence-corrected chi connectivity index (χ3v) is 2.75. The van der Waals surface area contributed by atoms with Gasteiger partial charge in [0.1, 0.15) is 5.38 Å². The molecule has 82 valence electrons. The Kier molecular flexibility index (Phi) is 5.26. The number of amides is 1. The van der Waals surface area contributed by atoms with Gasteiger partial charge in [0, 0.05) is 19.8 Å². The van der Waals surface area contributed by atoms with E-state index >= 15 is 0 Å². The molecule has 1 heterocycles. The summed E-state index contributed by atoms with van der Waals surface area (Å²) in [7, 11) is 0. The lowest BCUT2D eigenvalue weighted by Crippen LogP contribution is -2.32. The molecule has 0 radical (unpaired) electrons. The number of rotatable bonds is 4. The maximum absolute atomic E-state index is 11.1. The van der Waals surface area contributed by atoms with E-state index in [1.54, 1.807) is 6.92 Å². The first-order valence-corrected chi connectivity index (χ1v) is 5.63. The van der Waals surface area contributed by atoms with Crippen LogP contribution in [0.15, 0.2) is 0 Å². The highest BCUT2D eigenvalue weighted by Crippen LogP contribution is 2.17. The van der Waals surface area contributed by atoms with Gasteiger partial charge in [-0.05, 0) is 32.1 Å². The van der Waals surface area contributed by atoms with E-state index < -0.39 is 5.38 Å². The fraction of sp³-hybridized carbons (Fsp3) is 0.900. The Bertz CT molecular complexity index is 179. The summed E-state index contributed by atoms with van der Waals surface area (Å²) in [6, 6.07) is 0. The number of hydrogen-bond donors (Lipinski definition) is 1. The summed E-state index contributed by atoms with van der Waals surface area (Å²) in [5.41, 5.74) is 0. The highest BCUT2D eigenvalue weighted by molar-refractivity contribution is 6.30. The van der Waals surface area contributed by atoms with E-state index in [0.29, 0.717) is 5.92 Å². The number of ether oxygens (including phenoxy) is 1. The maximum Gasteiger partial charge on any atom is 0.237 e. The molecular weight excluding hydrogens is 202 g/mol. The number of nitrogens with one attached hydrogen (secondary N) is 1. The molecule has 0 aromatic rings. The lowest BCUT2D eigenvalue weighted by atomic mass is 9.97. The van der Waals surface area contributed by atoms with Crippen molar-refractivity contribution in [1.82, 2.24) is 5.32 Å². The van der Waals surface area contributed by atoms with E-state index in [1.807, 2.05) is 0 Å². The fourth-order valence-corrected chi connectivity index (χ4v) is 1.65. The second-order valence-electron chi connectivity index (χ2n) is 3.75. The Labute approximate surface area is 90.1 Å². The summed E-state index contributed by atoms with van der Waals surface area (Å²) in [5.74, 6) is 0.633. The summed E-state index contributed by atoms with van der Waals surface area (Å²) < 4.78 is 5.26. The molecule has 1 unspecified atom stereocenters. The zero-order valence-electron chi connectivity index (χ0n) is 8.59. The van der Waals surface area contributed by atoms with E-state index in [1.165, 1.54) is 0 Å². The van der Waals surface area contributed by atoms with Gasteiger partial charge in [0.2, 0.25) is 5.91 Å². The molecule has 3 nitrogen and oxygen atoms in total. The van der Waals surface area contributed by atoms with Crippen LogP contribution in [0, 0.1) is 5.92 Å². The second-order valence-corrected chi connectivity index (χ2v) is 4.41. The van der Waals surface area contributed by atoms with Crippen molar-refractivity contribution in [3.63, 3.8) is 0 Å². The largest absolute Gasteiger partial charge is 0.381 e. The summed E-state index contributed by atoms with van der Waals surface area (Å²) in [6.45, 7) is 4.15. The highest BCUT2D eigenvalue weighted by atomic mass is 35.5. The van der Waals surface area contributed by atoms with Gasteiger partial charge in [0.05, 0.1) is 0 Å². The van der Waals surface area contributed by atoms with Crippen molar-refractivity contribution in [3.05, 3.63) is 0 Å². The molecule has 0 spiro atoms. The number of halogens is 1. The molecule has 1 fully saturated rings. The van der Waals surface area contributed by atoms with Crippen LogP contribution in [0.5, 0.6) is 0 Å². The number of hydrogen-bond acceptors (Lipinski definition) is 2. The molecule has 1 atom stereocenters. The van der Waals surface area contributed by atoms with Crippen molar-refractivity contribution in [2.45, 2.75) is 31.6 Å². The molecule has 14 heavy (non-hydrogen) atoms. The zero-order chi connectivity index (χ0) is 10.4. The third-order valence-electron chi connectivity index (χ3n) is 2.55. The molecule has 1 N–H and O–H groups in total. The second kappa shape index (κ2) is 6.25. The van der Waals surface area contributed by atoms with Crippen molar-refractivity contribution in [2.24, 2.45) is 5.92 Å². The normalized spacial score (nSPS) is 20.4.